The average Bonchev–Trinajstić information content (AvgIpc) is 1.98. The summed E-state index contributed by atoms with van der Waals surface area (Å²) in [7, 11) is 0. The summed E-state index contributed by atoms with van der Waals surface area (Å²) in [5.74, 6) is 0.0219. The van der Waals surface area contributed by atoms with Crippen LogP contribution in [0.5, 0.6) is 0 Å². The Morgan fingerprint density at radius 2 is 1.86 bits per heavy atom. The van der Waals surface area contributed by atoms with Gasteiger partial charge in [-0.05, 0) is 12.8 Å². The Hall–Kier alpha value is -1.06. The normalized spacial score (nSPS) is 12.4. The molecule has 0 aliphatic heterocycles. The van der Waals surface area contributed by atoms with E-state index in [0.717, 1.165) is 0 Å². The van der Waals surface area contributed by atoms with Crippen LogP contribution in [-0.4, -0.2) is 24.5 Å². The van der Waals surface area contributed by atoms with E-state index >= 15 is 0 Å². The maximum Gasteiger partial charge on any atom is 0.302 e. The van der Waals surface area contributed by atoms with Gasteiger partial charge in [-0.1, -0.05) is 13.8 Å². The summed E-state index contributed by atoms with van der Waals surface area (Å²) in [5.41, 5.74) is 0. The van der Waals surface area contributed by atoms with Crippen molar-refractivity contribution in [1.29, 1.82) is 0 Å². The second-order valence-corrected chi connectivity index (χ2v) is 3.82. The van der Waals surface area contributed by atoms with Crippen LogP contribution in [0.1, 0.15) is 34.1 Å². The fourth-order valence-corrected chi connectivity index (χ4v) is 1.03. The van der Waals surface area contributed by atoms with Crippen molar-refractivity contribution in [3.63, 3.8) is 0 Å². The summed E-state index contributed by atoms with van der Waals surface area (Å²) in [5, 5.41) is 2.70. The van der Waals surface area contributed by atoms with E-state index < -0.39 is 0 Å². The number of carbonyl (C=O) groups is 2. The summed E-state index contributed by atoms with van der Waals surface area (Å²) in [6, 6.07) is 0. The van der Waals surface area contributed by atoms with E-state index in [1.807, 2.05) is 13.8 Å². The molecule has 14 heavy (non-hydrogen) atoms. The molecule has 0 aromatic rings. The molecular weight excluding hydrogens is 182 g/mol. The number of esters is 1. The van der Waals surface area contributed by atoms with Gasteiger partial charge in [-0.2, -0.15) is 0 Å². The highest BCUT2D eigenvalue weighted by atomic mass is 16.5. The molecule has 82 valence electrons. The Morgan fingerprint density at radius 3 is 2.29 bits per heavy atom. The Bertz CT molecular complexity index is 202. The number of amides is 1. The molecule has 0 aliphatic carbocycles. The Balaban J connectivity index is 3.61. The van der Waals surface area contributed by atoms with E-state index in [2.05, 4.69) is 5.32 Å². The van der Waals surface area contributed by atoms with E-state index in [1.54, 1.807) is 6.92 Å². The van der Waals surface area contributed by atoms with E-state index in [9.17, 15) is 9.59 Å². The lowest BCUT2D eigenvalue weighted by Gasteiger charge is -2.13. The third-order valence-corrected chi connectivity index (χ3v) is 1.55. The highest BCUT2D eigenvalue weighted by molar-refractivity contribution is 5.76. The van der Waals surface area contributed by atoms with Gasteiger partial charge in [-0.25, -0.2) is 0 Å². The summed E-state index contributed by atoms with van der Waals surface area (Å²) in [4.78, 5) is 21.7. The molecule has 0 rings (SSSR count). The molecule has 1 atom stereocenters. The SMILES string of the molecule is CC(=O)OC(C)CNC(=O)CC(C)C. The minimum absolute atomic E-state index is 0.000924. The molecule has 0 bridgehead atoms. The van der Waals surface area contributed by atoms with E-state index in [4.69, 9.17) is 4.74 Å². The zero-order valence-electron chi connectivity index (χ0n) is 9.29. The summed E-state index contributed by atoms with van der Waals surface area (Å²) < 4.78 is 4.85. The quantitative estimate of drug-likeness (QED) is 0.678. The van der Waals surface area contributed by atoms with Gasteiger partial charge in [0, 0.05) is 13.3 Å². The average molecular weight is 201 g/mol. The summed E-state index contributed by atoms with van der Waals surface area (Å²) in [6.07, 6.45) is 0.246. The first-order valence-electron chi connectivity index (χ1n) is 4.85. The highest BCUT2D eigenvalue weighted by Crippen LogP contribution is 1.98. The topological polar surface area (TPSA) is 55.4 Å². The van der Waals surface area contributed by atoms with Gasteiger partial charge in [0.25, 0.3) is 0 Å². The Kier molecular flexibility index (Phi) is 5.92. The van der Waals surface area contributed by atoms with Crippen LogP contribution in [0.15, 0.2) is 0 Å². The van der Waals surface area contributed by atoms with Crippen molar-refractivity contribution < 1.29 is 14.3 Å². The number of hydrogen-bond acceptors (Lipinski definition) is 3. The molecule has 0 aromatic heterocycles. The van der Waals surface area contributed by atoms with Crippen LogP contribution in [0.25, 0.3) is 0 Å². The summed E-state index contributed by atoms with van der Waals surface area (Å²) in [6.45, 7) is 7.44. The molecule has 4 nitrogen and oxygen atoms in total. The molecule has 0 radical (unpaired) electrons. The van der Waals surface area contributed by atoms with Crippen molar-refractivity contribution in [3.05, 3.63) is 0 Å². The van der Waals surface area contributed by atoms with Crippen LogP contribution >= 0.6 is 0 Å². The van der Waals surface area contributed by atoms with Gasteiger partial charge in [0.1, 0.15) is 6.10 Å². The monoisotopic (exact) mass is 201 g/mol. The van der Waals surface area contributed by atoms with Crippen LogP contribution in [0.2, 0.25) is 0 Å². The molecule has 4 heteroatoms. The van der Waals surface area contributed by atoms with Gasteiger partial charge >= 0.3 is 5.97 Å². The number of nitrogens with one attached hydrogen (secondary N) is 1. The van der Waals surface area contributed by atoms with Crippen molar-refractivity contribution in [2.45, 2.75) is 40.2 Å². The van der Waals surface area contributed by atoms with Gasteiger partial charge in [0.05, 0.1) is 6.54 Å². The van der Waals surface area contributed by atoms with Crippen LogP contribution < -0.4 is 5.32 Å². The molecule has 1 amide bonds. The van der Waals surface area contributed by atoms with Crippen LogP contribution in [0.3, 0.4) is 0 Å². The van der Waals surface area contributed by atoms with Gasteiger partial charge in [0.15, 0.2) is 0 Å². The number of rotatable bonds is 5. The lowest BCUT2D eigenvalue weighted by atomic mass is 10.1. The molecule has 0 saturated carbocycles. The fourth-order valence-electron chi connectivity index (χ4n) is 1.03. The number of ether oxygens (including phenoxy) is 1. The van der Waals surface area contributed by atoms with Crippen LogP contribution in [-0.2, 0) is 14.3 Å². The van der Waals surface area contributed by atoms with Crippen LogP contribution in [0.4, 0.5) is 0 Å². The van der Waals surface area contributed by atoms with E-state index in [1.165, 1.54) is 6.92 Å². The largest absolute Gasteiger partial charge is 0.461 e. The highest BCUT2D eigenvalue weighted by Gasteiger charge is 2.08. The Morgan fingerprint density at radius 1 is 1.29 bits per heavy atom. The molecule has 0 aromatic carbocycles. The predicted octanol–water partition coefficient (Wildman–Crippen LogP) is 1.10. The third-order valence-electron chi connectivity index (χ3n) is 1.55. The van der Waals surface area contributed by atoms with Gasteiger partial charge in [0.2, 0.25) is 5.91 Å². The van der Waals surface area contributed by atoms with Crippen molar-refractivity contribution >= 4 is 11.9 Å². The van der Waals surface area contributed by atoms with E-state index in [-0.39, 0.29) is 18.0 Å². The molecule has 1 N–H and O–H groups in total. The standard InChI is InChI=1S/C10H19NO3/c1-7(2)5-10(13)11-6-8(3)14-9(4)12/h7-8H,5-6H2,1-4H3,(H,11,13). The number of hydrogen-bond donors (Lipinski definition) is 1. The molecule has 1 unspecified atom stereocenters. The molecule has 0 saturated heterocycles. The van der Waals surface area contributed by atoms with Crippen molar-refractivity contribution in [1.82, 2.24) is 5.32 Å². The van der Waals surface area contributed by atoms with Gasteiger partial charge < -0.3 is 10.1 Å². The van der Waals surface area contributed by atoms with Crippen LogP contribution in [0, 0.1) is 5.92 Å². The maximum absolute atomic E-state index is 11.2. The lowest BCUT2D eigenvalue weighted by Crippen LogP contribution is -2.33. The summed E-state index contributed by atoms with van der Waals surface area (Å²) >= 11 is 0. The third kappa shape index (κ3) is 7.58. The minimum Gasteiger partial charge on any atom is -0.461 e. The van der Waals surface area contributed by atoms with Gasteiger partial charge in [-0.15, -0.1) is 0 Å². The number of carbonyl (C=O) groups excluding carboxylic acids is 2. The van der Waals surface area contributed by atoms with E-state index in [0.29, 0.717) is 18.9 Å². The molecule has 0 spiro atoms. The first kappa shape index (κ1) is 12.9. The van der Waals surface area contributed by atoms with Crippen molar-refractivity contribution in [3.8, 4) is 0 Å². The molecular formula is C10H19NO3. The van der Waals surface area contributed by atoms with Gasteiger partial charge in [-0.3, -0.25) is 9.59 Å². The predicted molar refractivity (Wildman–Crippen MR) is 53.7 cm³/mol. The fraction of sp³-hybridized carbons (Fsp3) is 0.800. The van der Waals surface area contributed by atoms with Crippen molar-refractivity contribution in [2.75, 3.05) is 6.54 Å². The van der Waals surface area contributed by atoms with Crippen molar-refractivity contribution in [2.24, 2.45) is 5.92 Å². The lowest BCUT2D eigenvalue weighted by molar-refractivity contribution is -0.145. The Labute approximate surface area is 85.0 Å². The zero-order chi connectivity index (χ0) is 11.1. The second-order valence-electron chi connectivity index (χ2n) is 3.82. The maximum atomic E-state index is 11.2. The first-order chi connectivity index (χ1) is 6.41. The first-order valence-corrected chi connectivity index (χ1v) is 4.85. The minimum atomic E-state index is -0.324. The smallest absolute Gasteiger partial charge is 0.302 e. The second kappa shape index (κ2) is 6.40. The molecule has 0 aliphatic rings. The molecule has 0 fully saturated rings. The molecule has 0 heterocycles. The zero-order valence-corrected chi connectivity index (χ0v) is 9.29.